The molecule has 0 atom stereocenters. The second-order valence-corrected chi connectivity index (χ2v) is 3.77. The number of pyridine rings is 1. The smallest absolute Gasteiger partial charge is 0.398 e. The SMILES string of the molecule is NCc1c(I)ncc([N+](=O)[O-])c1OC(F)(F)F. The highest BCUT2D eigenvalue weighted by Gasteiger charge is 2.36. The second kappa shape index (κ2) is 5.00. The molecule has 0 saturated carbocycles. The third-order valence-electron chi connectivity index (χ3n) is 1.67. The number of nitro groups is 1. The lowest BCUT2D eigenvalue weighted by Gasteiger charge is -2.12. The number of halogens is 4. The number of hydrogen-bond donors (Lipinski definition) is 1. The van der Waals surface area contributed by atoms with E-state index in [1.165, 1.54) is 0 Å². The number of aromatic nitrogens is 1. The zero-order valence-electron chi connectivity index (χ0n) is 7.99. The molecule has 1 aromatic rings. The Bertz CT molecular complexity index is 452. The lowest BCUT2D eigenvalue weighted by molar-refractivity contribution is -0.389. The van der Waals surface area contributed by atoms with Crippen molar-refractivity contribution < 1.29 is 22.8 Å². The molecule has 0 aromatic carbocycles. The van der Waals surface area contributed by atoms with E-state index in [0.717, 1.165) is 0 Å². The van der Waals surface area contributed by atoms with Crippen molar-refractivity contribution in [2.45, 2.75) is 12.9 Å². The van der Waals surface area contributed by atoms with Gasteiger partial charge in [-0.2, -0.15) is 0 Å². The molecule has 0 aliphatic carbocycles. The van der Waals surface area contributed by atoms with Crippen LogP contribution in [0.1, 0.15) is 5.56 Å². The summed E-state index contributed by atoms with van der Waals surface area (Å²) >= 11 is 1.62. The molecular formula is C7H5F3IN3O3. The Labute approximate surface area is 106 Å². The van der Waals surface area contributed by atoms with E-state index in [2.05, 4.69) is 9.72 Å². The van der Waals surface area contributed by atoms with Gasteiger partial charge < -0.3 is 10.5 Å². The number of hydrogen-bond acceptors (Lipinski definition) is 5. The van der Waals surface area contributed by atoms with Crippen molar-refractivity contribution in [3.63, 3.8) is 0 Å². The van der Waals surface area contributed by atoms with E-state index in [1.807, 2.05) is 0 Å². The molecule has 0 aliphatic rings. The lowest BCUT2D eigenvalue weighted by atomic mass is 10.2. The summed E-state index contributed by atoms with van der Waals surface area (Å²) in [6, 6.07) is 0. The van der Waals surface area contributed by atoms with Crippen LogP contribution >= 0.6 is 22.6 Å². The van der Waals surface area contributed by atoms with Crippen LogP contribution in [0.25, 0.3) is 0 Å². The van der Waals surface area contributed by atoms with E-state index in [-0.39, 0.29) is 15.8 Å². The minimum Gasteiger partial charge on any atom is -0.398 e. The number of nitrogens with two attached hydrogens (primary N) is 1. The molecule has 0 bridgehead atoms. The molecule has 0 saturated heterocycles. The molecule has 1 aromatic heterocycles. The van der Waals surface area contributed by atoms with Gasteiger partial charge in [-0.3, -0.25) is 10.1 Å². The fourth-order valence-corrected chi connectivity index (χ4v) is 1.64. The predicted octanol–water partition coefficient (Wildman–Crippen LogP) is 1.95. The minimum absolute atomic E-state index is 0.120. The van der Waals surface area contributed by atoms with Crippen LogP contribution in [0.5, 0.6) is 5.75 Å². The summed E-state index contributed by atoms with van der Waals surface area (Å²) in [6.07, 6.45) is -4.33. The van der Waals surface area contributed by atoms with E-state index in [9.17, 15) is 23.3 Å². The Morgan fingerprint density at radius 2 is 2.18 bits per heavy atom. The normalized spacial score (nSPS) is 11.4. The highest BCUT2D eigenvalue weighted by molar-refractivity contribution is 14.1. The Morgan fingerprint density at radius 3 is 2.59 bits per heavy atom. The Kier molecular flexibility index (Phi) is 4.08. The maximum Gasteiger partial charge on any atom is 0.573 e. The zero-order valence-corrected chi connectivity index (χ0v) is 10.2. The third kappa shape index (κ3) is 3.39. The Morgan fingerprint density at radius 1 is 1.59 bits per heavy atom. The molecule has 0 spiro atoms. The highest BCUT2D eigenvalue weighted by atomic mass is 127. The predicted molar refractivity (Wildman–Crippen MR) is 58.2 cm³/mol. The van der Waals surface area contributed by atoms with Gasteiger partial charge in [-0.15, -0.1) is 13.2 Å². The first kappa shape index (κ1) is 13.9. The van der Waals surface area contributed by atoms with Crippen molar-refractivity contribution in [2.24, 2.45) is 5.73 Å². The van der Waals surface area contributed by atoms with E-state index < -0.39 is 22.7 Å². The minimum atomic E-state index is -5.03. The Hall–Kier alpha value is -1.17. The largest absolute Gasteiger partial charge is 0.573 e. The van der Waals surface area contributed by atoms with Crippen molar-refractivity contribution in [1.82, 2.24) is 4.98 Å². The van der Waals surface area contributed by atoms with Crippen LogP contribution in [-0.2, 0) is 6.54 Å². The number of rotatable bonds is 3. The first-order chi connectivity index (χ1) is 7.76. The molecule has 0 fully saturated rings. The van der Waals surface area contributed by atoms with Gasteiger partial charge in [0.15, 0.2) is 0 Å². The van der Waals surface area contributed by atoms with Crippen molar-refractivity contribution >= 4 is 28.3 Å². The van der Waals surface area contributed by atoms with Gasteiger partial charge in [0, 0.05) is 12.1 Å². The first-order valence-corrected chi connectivity index (χ1v) is 5.11. The number of nitrogens with zero attached hydrogens (tertiary/aromatic N) is 2. The van der Waals surface area contributed by atoms with Crippen LogP contribution in [0.4, 0.5) is 18.9 Å². The fourth-order valence-electron chi connectivity index (χ4n) is 1.04. The molecule has 94 valence electrons. The van der Waals surface area contributed by atoms with Gasteiger partial charge >= 0.3 is 12.0 Å². The lowest BCUT2D eigenvalue weighted by Crippen LogP contribution is -2.20. The van der Waals surface area contributed by atoms with Crippen LogP contribution in [0, 0.1) is 13.8 Å². The number of alkyl halides is 3. The van der Waals surface area contributed by atoms with Crippen LogP contribution in [0.2, 0.25) is 0 Å². The molecular weight excluding hydrogens is 358 g/mol. The summed E-state index contributed by atoms with van der Waals surface area (Å²) in [5.74, 6) is -0.913. The molecule has 2 N–H and O–H groups in total. The van der Waals surface area contributed by atoms with E-state index in [0.29, 0.717) is 6.20 Å². The Balaban J connectivity index is 3.39. The van der Waals surface area contributed by atoms with Crippen molar-refractivity contribution in [3.8, 4) is 5.75 Å². The van der Waals surface area contributed by atoms with Crippen LogP contribution in [0.3, 0.4) is 0 Å². The van der Waals surface area contributed by atoms with E-state index in [4.69, 9.17) is 5.73 Å². The van der Waals surface area contributed by atoms with Gasteiger partial charge in [0.2, 0.25) is 5.75 Å². The summed E-state index contributed by atoms with van der Waals surface area (Å²) in [7, 11) is 0. The van der Waals surface area contributed by atoms with Crippen molar-refractivity contribution in [2.75, 3.05) is 0 Å². The van der Waals surface area contributed by atoms with E-state index >= 15 is 0 Å². The molecule has 6 nitrogen and oxygen atoms in total. The van der Waals surface area contributed by atoms with Gasteiger partial charge in [-0.1, -0.05) is 0 Å². The van der Waals surface area contributed by atoms with Gasteiger partial charge in [0.05, 0.1) is 4.92 Å². The van der Waals surface area contributed by atoms with Crippen molar-refractivity contribution in [3.05, 3.63) is 25.6 Å². The molecule has 0 unspecified atom stereocenters. The molecule has 0 aliphatic heterocycles. The first-order valence-electron chi connectivity index (χ1n) is 4.04. The van der Waals surface area contributed by atoms with Gasteiger partial charge in [-0.25, -0.2) is 4.98 Å². The molecule has 0 radical (unpaired) electrons. The average Bonchev–Trinajstić information content (AvgIpc) is 2.15. The monoisotopic (exact) mass is 363 g/mol. The van der Waals surface area contributed by atoms with Crippen molar-refractivity contribution in [1.29, 1.82) is 0 Å². The summed E-state index contributed by atoms with van der Waals surface area (Å²) in [6.45, 7) is -0.349. The summed E-state index contributed by atoms with van der Waals surface area (Å²) in [5.41, 5.74) is 4.20. The van der Waals surface area contributed by atoms with Gasteiger partial charge in [-0.05, 0) is 22.6 Å². The molecule has 1 heterocycles. The molecule has 1 rings (SSSR count). The maximum absolute atomic E-state index is 12.1. The number of ether oxygens (including phenoxy) is 1. The average molecular weight is 363 g/mol. The zero-order chi connectivity index (χ0) is 13.2. The fraction of sp³-hybridized carbons (Fsp3) is 0.286. The van der Waals surface area contributed by atoms with Gasteiger partial charge in [0.25, 0.3) is 0 Å². The standard InChI is InChI=1S/C7H5F3IN3O3/c8-7(9,10)17-5-3(1-12)6(11)13-2-4(5)14(15)16/h2H,1,12H2. The van der Waals surface area contributed by atoms with Gasteiger partial charge in [0.1, 0.15) is 9.90 Å². The third-order valence-corrected chi connectivity index (χ3v) is 2.60. The van der Waals surface area contributed by atoms with Crippen LogP contribution < -0.4 is 10.5 Å². The highest BCUT2D eigenvalue weighted by Crippen LogP contribution is 2.36. The van der Waals surface area contributed by atoms with Crippen LogP contribution in [0.15, 0.2) is 6.20 Å². The second-order valence-electron chi connectivity index (χ2n) is 2.75. The molecule has 10 heteroatoms. The quantitative estimate of drug-likeness (QED) is 0.384. The van der Waals surface area contributed by atoms with Crippen LogP contribution in [-0.4, -0.2) is 16.3 Å². The maximum atomic E-state index is 12.1. The van der Waals surface area contributed by atoms with E-state index in [1.54, 1.807) is 22.6 Å². The molecule has 17 heavy (non-hydrogen) atoms. The summed E-state index contributed by atoms with van der Waals surface area (Å²) < 4.78 is 40.1. The summed E-state index contributed by atoms with van der Waals surface area (Å²) in [5, 5.41) is 10.6. The summed E-state index contributed by atoms with van der Waals surface area (Å²) in [4.78, 5) is 13.1. The molecule has 0 amide bonds. The topological polar surface area (TPSA) is 91.3 Å².